The second-order valence-corrected chi connectivity index (χ2v) is 3.90. The van der Waals surface area contributed by atoms with E-state index in [1.807, 2.05) is 0 Å². The van der Waals surface area contributed by atoms with E-state index < -0.39 is 4.92 Å². The third-order valence-electron chi connectivity index (χ3n) is 2.58. The number of nitrogens with zero attached hydrogens (tertiary/aromatic N) is 2. The second kappa shape index (κ2) is 4.34. The van der Waals surface area contributed by atoms with E-state index in [9.17, 15) is 10.1 Å². The lowest BCUT2D eigenvalue weighted by molar-refractivity contribution is -0.384. The zero-order valence-corrected chi connectivity index (χ0v) is 9.06. The quantitative estimate of drug-likeness (QED) is 0.587. The maximum Gasteiger partial charge on any atom is 0.311 e. The molecule has 1 saturated carbocycles. The molecule has 0 aromatic carbocycles. The molecule has 0 aliphatic heterocycles. The Kier molecular flexibility index (Phi) is 2.89. The van der Waals surface area contributed by atoms with Crippen LogP contribution in [0, 0.1) is 16.0 Å². The topological polar surface area (TPSA) is 80.1 Å². The van der Waals surface area contributed by atoms with Gasteiger partial charge in [0.15, 0.2) is 0 Å². The zero-order valence-electron chi connectivity index (χ0n) is 9.06. The predicted molar refractivity (Wildman–Crippen MR) is 61.7 cm³/mol. The molecule has 6 nitrogen and oxygen atoms in total. The minimum Gasteiger partial charge on any atom is -0.373 e. The zero-order chi connectivity index (χ0) is 11.5. The van der Waals surface area contributed by atoms with Crippen LogP contribution in [-0.4, -0.2) is 23.5 Å². The van der Waals surface area contributed by atoms with Crippen LogP contribution >= 0.6 is 0 Å². The van der Waals surface area contributed by atoms with Crippen molar-refractivity contribution in [3.63, 3.8) is 0 Å². The number of nitro groups is 1. The largest absolute Gasteiger partial charge is 0.373 e. The van der Waals surface area contributed by atoms with Crippen LogP contribution in [0.15, 0.2) is 12.1 Å². The molecular weight excluding hydrogens is 208 g/mol. The summed E-state index contributed by atoms with van der Waals surface area (Å²) in [5.41, 5.74) is 0.0275. The van der Waals surface area contributed by atoms with Gasteiger partial charge in [-0.05, 0) is 24.8 Å². The van der Waals surface area contributed by atoms with Crippen molar-refractivity contribution in [1.29, 1.82) is 0 Å². The highest BCUT2D eigenvalue weighted by molar-refractivity contribution is 5.60. The van der Waals surface area contributed by atoms with E-state index in [4.69, 9.17) is 0 Å². The maximum absolute atomic E-state index is 10.8. The number of pyridine rings is 1. The SMILES string of the molecule is CNc1ccc([N+](=O)[O-])c(NCC2CC2)n1. The van der Waals surface area contributed by atoms with Gasteiger partial charge in [0.05, 0.1) is 4.92 Å². The number of aromatic nitrogens is 1. The molecule has 1 aromatic heterocycles. The van der Waals surface area contributed by atoms with Crippen molar-refractivity contribution in [3.05, 3.63) is 22.2 Å². The van der Waals surface area contributed by atoms with E-state index in [1.165, 1.54) is 18.9 Å². The molecule has 86 valence electrons. The van der Waals surface area contributed by atoms with Crippen LogP contribution < -0.4 is 10.6 Å². The molecule has 1 aliphatic rings. The molecule has 2 rings (SSSR count). The van der Waals surface area contributed by atoms with Crippen molar-refractivity contribution >= 4 is 17.3 Å². The third-order valence-corrected chi connectivity index (χ3v) is 2.58. The van der Waals surface area contributed by atoms with E-state index in [0.717, 1.165) is 6.54 Å². The van der Waals surface area contributed by atoms with Gasteiger partial charge in [0.25, 0.3) is 0 Å². The lowest BCUT2D eigenvalue weighted by Gasteiger charge is -2.07. The summed E-state index contributed by atoms with van der Waals surface area (Å²) in [7, 11) is 1.73. The van der Waals surface area contributed by atoms with Crippen molar-refractivity contribution in [1.82, 2.24) is 4.98 Å². The molecule has 0 atom stereocenters. The Labute approximate surface area is 93.2 Å². The van der Waals surface area contributed by atoms with Crippen molar-refractivity contribution in [2.75, 3.05) is 24.2 Å². The summed E-state index contributed by atoms with van der Waals surface area (Å²) in [6.07, 6.45) is 2.40. The molecule has 0 bridgehead atoms. The summed E-state index contributed by atoms with van der Waals surface area (Å²) >= 11 is 0. The van der Waals surface area contributed by atoms with Crippen LogP contribution in [0.4, 0.5) is 17.3 Å². The predicted octanol–water partition coefficient (Wildman–Crippen LogP) is 1.85. The second-order valence-electron chi connectivity index (χ2n) is 3.90. The lowest BCUT2D eigenvalue weighted by atomic mass is 10.3. The highest BCUT2D eigenvalue weighted by Gasteiger charge is 2.23. The first-order valence-electron chi connectivity index (χ1n) is 5.27. The van der Waals surface area contributed by atoms with Crippen LogP contribution in [0.2, 0.25) is 0 Å². The fourth-order valence-corrected chi connectivity index (χ4v) is 1.43. The normalized spacial score (nSPS) is 14.6. The Balaban J connectivity index is 2.18. The number of hydrogen-bond donors (Lipinski definition) is 2. The fraction of sp³-hybridized carbons (Fsp3) is 0.500. The van der Waals surface area contributed by atoms with Crippen molar-refractivity contribution in [3.8, 4) is 0 Å². The summed E-state index contributed by atoms with van der Waals surface area (Å²) in [5, 5.41) is 16.7. The monoisotopic (exact) mass is 222 g/mol. The lowest BCUT2D eigenvalue weighted by Crippen LogP contribution is -2.08. The van der Waals surface area contributed by atoms with Gasteiger partial charge in [-0.3, -0.25) is 10.1 Å². The van der Waals surface area contributed by atoms with Crippen LogP contribution in [0.25, 0.3) is 0 Å². The standard InChI is InChI=1S/C10H14N4O2/c1-11-9-5-4-8(14(15)16)10(13-9)12-6-7-2-3-7/h4-5,7H,2-3,6H2,1H3,(H2,11,12,13). The van der Waals surface area contributed by atoms with E-state index >= 15 is 0 Å². The summed E-state index contributed by atoms with van der Waals surface area (Å²) in [6, 6.07) is 3.06. The van der Waals surface area contributed by atoms with Gasteiger partial charge < -0.3 is 10.6 Å². The average Bonchev–Trinajstić information content (AvgIpc) is 3.09. The van der Waals surface area contributed by atoms with E-state index in [-0.39, 0.29) is 5.69 Å². The molecule has 1 aromatic rings. The maximum atomic E-state index is 10.8. The van der Waals surface area contributed by atoms with Crippen LogP contribution in [0.5, 0.6) is 0 Å². The number of anilines is 2. The van der Waals surface area contributed by atoms with E-state index in [0.29, 0.717) is 17.6 Å². The molecule has 0 spiro atoms. The first kappa shape index (κ1) is 10.7. The van der Waals surface area contributed by atoms with E-state index in [2.05, 4.69) is 15.6 Å². The minimum absolute atomic E-state index is 0.0275. The summed E-state index contributed by atoms with van der Waals surface area (Å²) < 4.78 is 0. The van der Waals surface area contributed by atoms with Gasteiger partial charge in [-0.2, -0.15) is 0 Å². The van der Waals surface area contributed by atoms with Crippen LogP contribution in [0.1, 0.15) is 12.8 Å². The molecule has 0 amide bonds. The Hall–Kier alpha value is -1.85. The first-order valence-corrected chi connectivity index (χ1v) is 5.27. The average molecular weight is 222 g/mol. The van der Waals surface area contributed by atoms with Gasteiger partial charge in [0, 0.05) is 19.7 Å². The summed E-state index contributed by atoms with van der Waals surface area (Å²) in [6.45, 7) is 0.765. The number of nitrogens with one attached hydrogen (secondary N) is 2. The molecule has 0 radical (unpaired) electrons. The van der Waals surface area contributed by atoms with E-state index in [1.54, 1.807) is 13.1 Å². The summed E-state index contributed by atoms with van der Waals surface area (Å²) in [4.78, 5) is 14.5. The molecule has 1 fully saturated rings. The number of hydrogen-bond acceptors (Lipinski definition) is 5. The summed E-state index contributed by atoms with van der Waals surface area (Å²) in [5.74, 6) is 1.63. The molecule has 16 heavy (non-hydrogen) atoms. The van der Waals surface area contributed by atoms with Crippen LogP contribution in [-0.2, 0) is 0 Å². The highest BCUT2D eigenvalue weighted by atomic mass is 16.6. The van der Waals surface area contributed by atoms with Gasteiger partial charge in [-0.15, -0.1) is 0 Å². The highest BCUT2D eigenvalue weighted by Crippen LogP contribution is 2.30. The molecular formula is C10H14N4O2. The molecule has 0 unspecified atom stereocenters. The molecule has 6 heteroatoms. The first-order chi connectivity index (χ1) is 7.70. The molecule has 0 saturated heterocycles. The van der Waals surface area contributed by atoms with Gasteiger partial charge in [-0.1, -0.05) is 0 Å². The molecule has 1 aliphatic carbocycles. The fourth-order valence-electron chi connectivity index (χ4n) is 1.43. The van der Waals surface area contributed by atoms with Gasteiger partial charge in [0.1, 0.15) is 5.82 Å². The smallest absolute Gasteiger partial charge is 0.311 e. The van der Waals surface area contributed by atoms with Crippen LogP contribution in [0.3, 0.4) is 0 Å². The third kappa shape index (κ3) is 2.39. The van der Waals surface area contributed by atoms with Gasteiger partial charge in [-0.25, -0.2) is 4.98 Å². The minimum atomic E-state index is -0.415. The Bertz CT molecular complexity index is 404. The van der Waals surface area contributed by atoms with Gasteiger partial charge >= 0.3 is 5.69 Å². The van der Waals surface area contributed by atoms with Crippen molar-refractivity contribution in [2.24, 2.45) is 5.92 Å². The molecule has 1 heterocycles. The van der Waals surface area contributed by atoms with Gasteiger partial charge in [0.2, 0.25) is 5.82 Å². The Morgan fingerprint density at radius 2 is 2.31 bits per heavy atom. The van der Waals surface area contributed by atoms with Crippen molar-refractivity contribution < 1.29 is 4.92 Å². The van der Waals surface area contributed by atoms with Crippen molar-refractivity contribution in [2.45, 2.75) is 12.8 Å². The number of rotatable bonds is 5. The Morgan fingerprint density at radius 3 is 2.88 bits per heavy atom. The molecule has 2 N–H and O–H groups in total. The Morgan fingerprint density at radius 1 is 1.56 bits per heavy atom.